The summed E-state index contributed by atoms with van der Waals surface area (Å²) < 4.78 is 0. The van der Waals surface area contributed by atoms with Crippen LogP contribution in [0.4, 0.5) is 5.69 Å². The number of hydrogen-bond acceptors (Lipinski definition) is 3. The summed E-state index contributed by atoms with van der Waals surface area (Å²) in [6, 6.07) is 17.5. The van der Waals surface area contributed by atoms with Crippen LogP contribution < -0.4 is 10.6 Å². The Morgan fingerprint density at radius 2 is 1.67 bits per heavy atom. The third-order valence-electron chi connectivity index (χ3n) is 4.61. The molecule has 0 atom stereocenters. The van der Waals surface area contributed by atoms with E-state index in [-0.39, 0.29) is 23.7 Å². The van der Waals surface area contributed by atoms with Crippen LogP contribution in [-0.4, -0.2) is 24.8 Å². The van der Waals surface area contributed by atoms with Crippen LogP contribution in [0.25, 0.3) is 0 Å². The first-order valence-corrected chi connectivity index (χ1v) is 8.26. The summed E-state index contributed by atoms with van der Waals surface area (Å²) in [5.41, 5.74) is 2.93. The lowest BCUT2D eigenvalue weighted by atomic mass is 9.96. The van der Waals surface area contributed by atoms with Crippen molar-refractivity contribution >= 4 is 17.4 Å². The maximum absolute atomic E-state index is 12.1. The lowest BCUT2D eigenvalue weighted by Gasteiger charge is -2.17. The molecular formula is C20H22N2O2. The highest BCUT2D eigenvalue weighted by Crippen LogP contribution is 2.47. The molecule has 1 saturated carbocycles. The Morgan fingerprint density at radius 3 is 2.25 bits per heavy atom. The molecule has 4 nitrogen and oxygen atoms in total. The molecule has 0 bridgehead atoms. The number of anilines is 1. The van der Waals surface area contributed by atoms with Crippen LogP contribution in [-0.2, 0) is 10.2 Å². The molecule has 124 valence electrons. The monoisotopic (exact) mass is 322 g/mol. The maximum atomic E-state index is 12.1. The molecule has 0 spiro atoms. The Balaban J connectivity index is 1.47. The van der Waals surface area contributed by atoms with Gasteiger partial charge in [-0.15, -0.1) is 0 Å². The lowest BCUT2D eigenvalue weighted by Crippen LogP contribution is -2.35. The van der Waals surface area contributed by atoms with Gasteiger partial charge in [0.1, 0.15) is 0 Å². The van der Waals surface area contributed by atoms with E-state index in [9.17, 15) is 9.59 Å². The van der Waals surface area contributed by atoms with E-state index in [2.05, 4.69) is 22.8 Å². The van der Waals surface area contributed by atoms with Crippen molar-refractivity contribution in [3.63, 3.8) is 0 Å². The van der Waals surface area contributed by atoms with Crippen LogP contribution in [0.1, 0.15) is 35.7 Å². The molecule has 2 aromatic rings. The number of amides is 1. The molecule has 0 heterocycles. The number of carbonyl (C=O) groups is 2. The lowest BCUT2D eigenvalue weighted by molar-refractivity contribution is -0.119. The van der Waals surface area contributed by atoms with Crippen molar-refractivity contribution in [3.8, 4) is 0 Å². The molecule has 1 amide bonds. The van der Waals surface area contributed by atoms with Crippen LogP contribution >= 0.6 is 0 Å². The minimum Gasteiger partial charge on any atom is -0.376 e. The second-order valence-electron chi connectivity index (χ2n) is 6.41. The van der Waals surface area contributed by atoms with Gasteiger partial charge in [0.05, 0.1) is 6.54 Å². The van der Waals surface area contributed by atoms with Gasteiger partial charge in [-0.05, 0) is 49.6 Å². The van der Waals surface area contributed by atoms with Gasteiger partial charge in [0, 0.05) is 23.2 Å². The number of carbonyl (C=O) groups excluding carboxylic acids is 2. The second-order valence-corrected chi connectivity index (χ2v) is 6.41. The average molecular weight is 322 g/mol. The first-order chi connectivity index (χ1) is 11.6. The molecule has 0 saturated heterocycles. The van der Waals surface area contributed by atoms with Gasteiger partial charge < -0.3 is 10.6 Å². The smallest absolute Gasteiger partial charge is 0.239 e. The predicted molar refractivity (Wildman–Crippen MR) is 95.3 cm³/mol. The van der Waals surface area contributed by atoms with Crippen LogP contribution in [0.15, 0.2) is 54.6 Å². The molecule has 1 aliphatic rings. The van der Waals surface area contributed by atoms with Crippen LogP contribution in [0.2, 0.25) is 0 Å². The Labute approximate surface area is 142 Å². The minimum atomic E-state index is -0.0205. The highest BCUT2D eigenvalue weighted by molar-refractivity contribution is 5.94. The van der Waals surface area contributed by atoms with Crippen molar-refractivity contribution in [2.75, 3.05) is 18.4 Å². The van der Waals surface area contributed by atoms with E-state index in [1.807, 2.05) is 30.3 Å². The third kappa shape index (κ3) is 3.82. The fourth-order valence-corrected chi connectivity index (χ4v) is 2.85. The molecule has 3 rings (SSSR count). The molecule has 2 aromatic carbocycles. The summed E-state index contributed by atoms with van der Waals surface area (Å²) in [6.07, 6.45) is 2.24. The summed E-state index contributed by atoms with van der Waals surface area (Å²) >= 11 is 0. The van der Waals surface area contributed by atoms with Crippen LogP contribution in [0, 0.1) is 0 Å². The van der Waals surface area contributed by atoms with E-state index in [1.165, 1.54) is 12.5 Å². The number of hydrogen-bond donors (Lipinski definition) is 2. The van der Waals surface area contributed by atoms with Gasteiger partial charge in [-0.25, -0.2) is 0 Å². The molecule has 4 heteroatoms. The maximum Gasteiger partial charge on any atom is 0.239 e. The summed E-state index contributed by atoms with van der Waals surface area (Å²) in [4.78, 5) is 23.3. The second kappa shape index (κ2) is 6.87. The topological polar surface area (TPSA) is 58.2 Å². The van der Waals surface area contributed by atoms with Crippen molar-refractivity contribution < 1.29 is 9.59 Å². The van der Waals surface area contributed by atoms with Crippen molar-refractivity contribution in [1.82, 2.24) is 5.32 Å². The molecule has 0 aliphatic heterocycles. The van der Waals surface area contributed by atoms with E-state index >= 15 is 0 Å². The summed E-state index contributed by atoms with van der Waals surface area (Å²) in [5, 5.41) is 6.11. The quantitative estimate of drug-likeness (QED) is 0.770. The van der Waals surface area contributed by atoms with Gasteiger partial charge in [-0.2, -0.15) is 0 Å². The Bertz CT molecular complexity index is 719. The zero-order valence-electron chi connectivity index (χ0n) is 13.8. The van der Waals surface area contributed by atoms with Crippen molar-refractivity contribution in [2.45, 2.75) is 25.2 Å². The standard InChI is InChI=1S/C20H22N2O2/c1-15(23)16-7-9-18(10-8-16)21-13-19(24)22-14-20(11-12-20)17-5-3-2-4-6-17/h2-10,21H,11-14H2,1H3,(H,22,24). The van der Waals surface area contributed by atoms with Crippen molar-refractivity contribution in [2.24, 2.45) is 0 Å². The third-order valence-corrected chi connectivity index (χ3v) is 4.61. The molecule has 24 heavy (non-hydrogen) atoms. The predicted octanol–water partition coefficient (Wildman–Crippen LogP) is 3.15. The molecular weight excluding hydrogens is 300 g/mol. The fraction of sp³-hybridized carbons (Fsp3) is 0.300. The summed E-state index contributed by atoms with van der Waals surface area (Å²) in [6.45, 7) is 2.45. The summed E-state index contributed by atoms with van der Waals surface area (Å²) in [5.74, 6) is 0.0165. The highest BCUT2D eigenvalue weighted by Gasteiger charge is 2.44. The number of nitrogens with one attached hydrogen (secondary N) is 2. The van der Waals surface area contributed by atoms with Crippen LogP contribution in [0.5, 0.6) is 0 Å². The van der Waals surface area contributed by atoms with Crippen molar-refractivity contribution in [1.29, 1.82) is 0 Å². The minimum absolute atomic E-state index is 0.0205. The first-order valence-electron chi connectivity index (χ1n) is 8.26. The van der Waals surface area contributed by atoms with E-state index in [0.29, 0.717) is 12.1 Å². The van der Waals surface area contributed by atoms with Gasteiger partial charge >= 0.3 is 0 Å². The Kier molecular flexibility index (Phi) is 4.65. The van der Waals surface area contributed by atoms with E-state index in [0.717, 1.165) is 18.5 Å². The number of ketones is 1. The number of Topliss-reactive ketones (excluding diaryl/α,β-unsaturated/α-hetero) is 1. The zero-order valence-corrected chi connectivity index (χ0v) is 13.8. The van der Waals surface area contributed by atoms with Gasteiger partial charge in [0.15, 0.2) is 5.78 Å². The van der Waals surface area contributed by atoms with E-state index in [1.54, 1.807) is 12.1 Å². The molecule has 1 fully saturated rings. The molecule has 0 radical (unpaired) electrons. The zero-order chi connectivity index (χ0) is 17.0. The van der Waals surface area contributed by atoms with E-state index < -0.39 is 0 Å². The highest BCUT2D eigenvalue weighted by atomic mass is 16.2. The number of benzene rings is 2. The van der Waals surface area contributed by atoms with Gasteiger partial charge in [-0.3, -0.25) is 9.59 Å². The molecule has 0 aromatic heterocycles. The Morgan fingerprint density at radius 1 is 1.00 bits per heavy atom. The fourth-order valence-electron chi connectivity index (χ4n) is 2.85. The van der Waals surface area contributed by atoms with Gasteiger partial charge in [0.25, 0.3) is 0 Å². The van der Waals surface area contributed by atoms with Crippen molar-refractivity contribution in [3.05, 3.63) is 65.7 Å². The van der Waals surface area contributed by atoms with Gasteiger partial charge in [-0.1, -0.05) is 30.3 Å². The van der Waals surface area contributed by atoms with E-state index in [4.69, 9.17) is 0 Å². The number of rotatable bonds is 7. The Hall–Kier alpha value is -2.62. The molecule has 0 unspecified atom stereocenters. The first kappa shape index (κ1) is 16.2. The van der Waals surface area contributed by atoms with Gasteiger partial charge in [0.2, 0.25) is 5.91 Å². The average Bonchev–Trinajstić information content (AvgIpc) is 3.40. The molecule has 2 N–H and O–H groups in total. The normalized spacial score (nSPS) is 14.7. The molecule has 1 aliphatic carbocycles. The van der Waals surface area contributed by atoms with Crippen LogP contribution in [0.3, 0.4) is 0 Å². The summed E-state index contributed by atoms with van der Waals surface area (Å²) in [7, 11) is 0. The SMILES string of the molecule is CC(=O)c1ccc(NCC(=O)NCC2(c3ccccc3)CC2)cc1. The largest absolute Gasteiger partial charge is 0.376 e.